The largest absolute Gasteiger partial charge is 0.356 e. The Morgan fingerprint density at radius 2 is 2.04 bits per heavy atom. The molecule has 0 saturated heterocycles. The molecule has 0 amide bonds. The summed E-state index contributed by atoms with van der Waals surface area (Å²) in [5.41, 5.74) is 1.37. The van der Waals surface area contributed by atoms with Crippen molar-refractivity contribution in [3.05, 3.63) is 31.7 Å². The van der Waals surface area contributed by atoms with E-state index in [4.69, 9.17) is 4.98 Å². The molecule has 138 valence electrons. The van der Waals surface area contributed by atoms with E-state index in [9.17, 15) is 0 Å². The molecule has 8 heteroatoms. The Kier molecular flexibility index (Phi) is 8.57. The number of aryl methyl sites for hydroxylation is 4. The van der Waals surface area contributed by atoms with Gasteiger partial charge in [-0.05, 0) is 39.0 Å². The highest BCUT2D eigenvalue weighted by Crippen LogP contribution is 2.27. The quantitative estimate of drug-likeness (QED) is 0.280. The van der Waals surface area contributed by atoms with Crippen LogP contribution < -0.4 is 10.6 Å². The number of halogens is 1. The third-order valence-electron chi connectivity index (χ3n) is 4.05. The second-order valence-corrected chi connectivity index (χ2v) is 8.49. The second kappa shape index (κ2) is 10.4. The van der Waals surface area contributed by atoms with Crippen molar-refractivity contribution in [1.29, 1.82) is 0 Å². The van der Waals surface area contributed by atoms with Gasteiger partial charge in [-0.25, -0.2) is 9.97 Å². The van der Waals surface area contributed by atoms with Crippen molar-refractivity contribution in [3.63, 3.8) is 0 Å². The molecule has 0 spiro atoms. The van der Waals surface area contributed by atoms with Gasteiger partial charge < -0.3 is 10.6 Å². The number of rotatable bonds is 6. The summed E-state index contributed by atoms with van der Waals surface area (Å²) in [5, 5.41) is 9.07. The van der Waals surface area contributed by atoms with E-state index in [0.717, 1.165) is 36.9 Å². The first kappa shape index (κ1) is 20.6. The van der Waals surface area contributed by atoms with Gasteiger partial charge >= 0.3 is 0 Å². The second-order valence-electron chi connectivity index (χ2n) is 6.01. The third kappa shape index (κ3) is 6.18. The van der Waals surface area contributed by atoms with Crippen LogP contribution in [0.3, 0.4) is 0 Å². The Balaban J connectivity index is 0.00000225. The summed E-state index contributed by atoms with van der Waals surface area (Å²) in [4.78, 5) is 16.2. The summed E-state index contributed by atoms with van der Waals surface area (Å²) in [7, 11) is 1.80. The topological polar surface area (TPSA) is 62.2 Å². The van der Waals surface area contributed by atoms with Crippen LogP contribution in [-0.2, 0) is 25.8 Å². The van der Waals surface area contributed by atoms with Gasteiger partial charge in [0.2, 0.25) is 0 Å². The molecule has 0 radical (unpaired) electrons. The Labute approximate surface area is 174 Å². The number of hydrogen-bond donors (Lipinski definition) is 2. The average Bonchev–Trinajstić information content (AvgIpc) is 3.19. The minimum absolute atomic E-state index is 0. The SMILES string of the molecule is CN=C(NCCCc1nc2c(s1)CCCC2)NCc1ncc(C)s1.I. The van der Waals surface area contributed by atoms with Gasteiger partial charge in [-0.15, -0.1) is 46.7 Å². The van der Waals surface area contributed by atoms with Crippen molar-refractivity contribution < 1.29 is 0 Å². The highest BCUT2D eigenvalue weighted by atomic mass is 127. The van der Waals surface area contributed by atoms with Crippen LogP contribution in [0.2, 0.25) is 0 Å². The number of hydrogen-bond acceptors (Lipinski definition) is 5. The monoisotopic (exact) mass is 491 g/mol. The van der Waals surface area contributed by atoms with Gasteiger partial charge in [0.05, 0.1) is 17.2 Å². The van der Waals surface area contributed by atoms with Crippen LogP contribution in [0.5, 0.6) is 0 Å². The molecule has 0 atom stereocenters. The van der Waals surface area contributed by atoms with Gasteiger partial charge in [0.15, 0.2) is 5.96 Å². The lowest BCUT2D eigenvalue weighted by Crippen LogP contribution is -2.37. The van der Waals surface area contributed by atoms with E-state index >= 15 is 0 Å². The molecule has 0 saturated carbocycles. The molecule has 0 aromatic carbocycles. The minimum Gasteiger partial charge on any atom is -0.356 e. The predicted molar refractivity (Wildman–Crippen MR) is 118 cm³/mol. The van der Waals surface area contributed by atoms with Gasteiger partial charge in [-0.2, -0.15) is 0 Å². The molecule has 3 rings (SSSR count). The van der Waals surface area contributed by atoms with E-state index in [2.05, 4.69) is 27.5 Å². The van der Waals surface area contributed by atoms with Crippen molar-refractivity contribution >= 4 is 52.6 Å². The number of fused-ring (bicyclic) bond motifs is 1. The lowest BCUT2D eigenvalue weighted by atomic mass is 10.0. The molecule has 2 aromatic rings. The molecule has 1 aliphatic rings. The first-order valence-corrected chi connectivity index (χ1v) is 10.2. The number of aromatic nitrogens is 2. The third-order valence-corrected chi connectivity index (χ3v) is 6.18. The van der Waals surface area contributed by atoms with Crippen LogP contribution in [-0.4, -0.2) is 29.5 Å². The Morgan fingerprint density at radius 3 is 2.76 bits per heavy atom. The number of thiazole rings is 2. The standard InChI is InChI=1S/C17H25N5S2.HI/c1-12-10-20-16(23-12)11-21-17(18-2)19-9-5-8-15-22-13-6-3-4-7-14(13)24-15;/h10H,3-9,11H2,1-2H3,(H2,18,19,21);1H. The van der Waals surface area contributed by atoms with Crippen LogP contribution >= 0.6 is 46.7 Å². The Morgan fingerprint density at radius 1 is 1.20 bits per heavy atom. The first-order chi connectivity index (χ1) is 11.7. The molecule has 0 bridgehead atoms. The van der Waals surface area contributed by atoms with Gasteiger partial charge in [0.1, 0.15) is 5.01 Å². The summed E-state index contributed by atoms with van der Waals surface area (Å²) in [6, 6.07) is 0. The van der Waals surface area contributed by atoms with Crippen LogP contribution in [0.15, 0.2) is 11.2 Å². The fourth-order valence-corrected chi connectivity index (χ4v) is 4.75. The van der Waals surface area contributed by atoms with Crippen molar-refractivity contribution in [2.24, 2.45) is 4.99 Å². The zero-order valence-corrected chi connectivity index (χ0v) is 18.8. The van der Waals surface area contributed by atoms with E-state index in [0.29, 0.717) is 0 Å². The van der Waals surface area contributed by atoms with E-state index in [1.807, 2.05) is 17.5 Å². The van der Waals surface area contributed by atoms with Crippen molar-refractivity contribution in [3.8, 4) is 0 Å². The molecular formula is C17H26IN5S2. The van der Waals surface area contributed by atoms with Crippen LogP contribution in [0.25, 0.3) is 0 Å². The maximum Gasteiger partial charge on any atom is 0.191 e. The van der Waals surface area contributed by atoms with Crippen LogP contribution in [0.1, 0.15) is 44.7 Å². The smallest absolute Gasteiger partial charge is 0.191 e. The normalized spacial score (nSPS) is 13.9. The van der Waals surface area contributed by atoms with E-state index in [1.54, 1.807) is 18.4 Å². The summed E-state index contributed by atoms with van der Waals surface area (Å²) >= 11 is 3.63. The Bertz CT molecular complexity index is 672. The van der Waals surface area contributed by atoms with Gasteiger partial charge in [0.25, 0.3) is 0 Å². The molecular weight excluding hydrogens is 465 g/mol. The summed E-state index contributed by atoms with van der Waals surface area (Å²) in [6.07, 6.45) is 9.08. The maximum absolute atomic E-state index is 4.80. The average molecular weight is 491 g/mol. The molecule has 25 heavy (non-hydrogen) atoms. The van der Waals surface area contributed by atoms with Gasteiger partial charge in [0, 0.05) is 36.0 Å². The lowest BCUT2D eigenvalue weighted by Gasteiger charge is -2.10. The summed E-state index contributed by atoms with van der Waals surface area (Å²) in [5.74, 6) is 0.835. The predicted octanol–water partition coefficient (Wildman–Crippen LogP) is 3.70. The van der Waals surface area contributed by atoms with Gasteiger partial charge in [-0.3, -0.25) is 4.99 Å². The number of aliphatic imine (C=N–C) groups is 1. The molecule has 5 nitrogen and oxygen atoms in total. The number of guanidine groups is 1. The zero-order chi connectivity index (χ0) is 16.8. The van der Waals surface area contributed by atoms with Crippen LogP contribution in [0, 0.1) is 6.92 Å². The molecule has 0 aliphatic heterocycles. The van der Waals surface area contributed by atoms with Crippen molar-refractivity contribution in [2.75, 3.05) is 13.6 Å². The maximum atomic E-state index is 4.80. The fraction of sp³-hybridized carbons (Fsp3) is 0.588. The molecule has 2 N–H and O–H groups in total. The number of nitrogens with zero attached hydrogens (tertiary/aromatic N) is 3. The van der Waals surface area contributed by atoms with E-state index < -0.39 is 0 Å². The molecule has 0 fully saturated rings. The number of nitrogens with one attached hydrogen (secondary N) is 2. The highest BCUT2D eigenvalue weighted by molar-refractivity contribution is 14.0. The van der Waals surface area contributed by atoms with Gasteiger partial charge in [-0.1, -0.05) is 0 Å². The van der Waals surface area contributed by atoms with E-state index in [1.165, 1.54) is 46.1 Å². The fourth-order valence-electron chi connectivity index (χ4n) is 2.82. The minimum atomic E-state index is 0. The van der Waals surface area contributed by atoms with E-state index in [-0.39, 0.29) is 24.0 Å². The van der Waals surface area contributed by atoms with Crippen LogP contribution in [0.4, 0.5) is 0 Å². The van der Waals surface area contributed by atoms with Crippen molar-refractivity contribution in [1.82, 2.24) is 20.6 Å². The molecule has 1 aliphatic carbocycles. The molecule has 2 heterocycles. The summed E-state index contributed by atoms with van der Waals surface area (Å²) < 4.78 is 0. The van der Waals surface area contributed by atoms with Crippen molar-refractivity contribution in [2.45, 2.75) is 52.0 Å². The first-order valence-electron chi connectivity index (χ1n) is 8.58. The summed E-state index contributed by atoms with van der Waals surface area (Å²) in [6.45, 7) is 3.70. The Hall–Kier alpha value is -0.740. The molecule has 2 aromatic heterocycles. The highest BCUT2D eigenvalue weighted by Gasteiger charge is 2.14. The molecule has 0 unspecified atom stereocenters. The zero-order valence-electron chi connectivity index (χ0n) is 14.8. The lowest BCUT2D eigenvalue weighted by molar-refractivity contribution is 0.678.